The van der Waals surface area contributed by atoms with Crippen molar-refractivity contribution < 1.29 is 43.8 Å². The van der Waals surface area contributed by atoms with E-state index in [1.165, 1.54) is 13.8 Å². The molecule has 0 spiro atoms. The third-order valence-corrected chi connectivity index (χ3v) is 7.67. The summed E-state index contributed by atoms with van der Waals surface area (Å²) in [5.41, 5.74) is 15.8. The van der Waals surface area contributed by atoms with E-state index >= 15 is 0 Å². The number of nitrogens with one attached hydrogen (secondary N) is 3. The van der Waals surface area contributed by atoms with Crippen molar-refractivity contribution in [3.63, 3.8) is 0 Å². The third-order valence-electron chi connectivity index (χ3n) is 7.67. The third kappa shape index (κ3) is 15.5. The molecule has 16 heteroatoms. The van der Waals surface area contributed by atoms with Crippen molar-refractivity contribution in [1.29, 1.82) is 0 Å². The first-order chi connectivity index (χ1) is 21.0. The normalized spacial score (nSPS) is 15.6. The summed E-state index contributed by atoms with van der Waals surface area (Å²) in [6.45, 7) is 7.69. The monoisotopic (exact) mass is 641 g/mol. The number of rotatable bonds is 23. The highest BCUT2D eigenvalue weighted by Crippen LogP contribution is 2.22. The van der Waals surface area contributed by atoms with Gasteiger partial charge in [0.15, 0.2) is 17.5 Å². The number of aliphatic carboxylic acids is 1. The number of hydrogen-bond acceptors (Lipinski definition) is 9. The summed E-state index contributed by atoms with van der Waals surface area (Å²) in [6.07, 6.45) is 0.301. The van der Waals surface area contributed by atoms with Gasteiger partial charge in [0.2, 0.25) is 23.6 Å². The zero-order chi connectivity index (χ0) is 34.9. The smallest absolute Gasteiger partial charge is 0.305 e. The lowest BCUT2D eigenvalue weighted by atomic mass is 9.84. The Morgan fingerprint density at radius 3 is 1.82 bits per heavy atom. The molecule has 0 saturated carbocycles. The first-order valence-electron chi connectivity index (χ1n) is 15.1. The number of ketones is 2. The summed E-state index contributed by atoms with van der Waals surface area (Å²) in [7, 11) is 0. The number of aliphatic hydroxyl groups excluding tert-OH is 1. The number of aliphatic hydroxyl groups is 1. The predicted octanol–water partition coefficient (Wildman–Crippen LogP) is -1.29. The van der Waals surface area contributed by atoms with Gasteiger partial charge in [0.05, 0.1) is 19.1 Å². The molecule has 11 N–H and O–H groups in total. The first-order valence-corrected chi connectivity index (χ1v) is 15.1. The predicted molar refractivity (Wildman–Crippen MR) is 165 cm³/mol. The van der Waals surface area contributed by atoms with E-state index in [1.54, 1.807) is 20.8 Å². The van der Waals surface area contributed by atoms with Crippen LogP contribution in [0.5, 0.6) is 0 Å². The summed E-state index contributed by atoms with van der Waals surface area (Å²) in [4.78, 5) is 91.4. The Morgan fingerprint density at radius 2 is 1.33 bits per heavy atom. The second-order valence-electron chi connectivity index (χ2n) is 11.3. The molecule has 0 heterocycles. The molecule has 0 aromatic heterocycles. The summed E-state index contributed by atoms with van der Waals surface area (Å²) >= 11 is 0. The van der Waals surface area contributed by atoms with Crippen LogP contribution < -0.4 is 33.2 Å². The largest absolute Gasteiger partial charge is 0.481 e. The number of aliphatic imine (C=N–C) groups is 1. The zero-order valence-corrected chi connectivity index (χ0v) is 26.8. The Morgan fingerprint density at radius 1 is 0.756 bits per heavy atom. The Kier molecular flexibility index (Phi) is 18.9. The SMILES string of the molecule is CC[C@@H](CCCN=C(N)N)C(=O)N[C@@H](CO)C(=O)C[C@@H](C)C(=O)N[C@@H](CC(=O)O)C(=O)C[C@H](C(=O)N[C@@H](C)C(N)=O)[C@@H](C)CC. The highest BCUT2D eigenvalue weighted by Gasteiger charge is 2.34. The molecule has 0 fully saturated rings. The molecular weight excluding hydrogens is 590 g/mol. The van der Waals surface area contributed by atoms with Gasteiger partial charge in [-0.05, 0) is 32.1 Å². The van der Waals surface area contributed by atoms with Gasteiger partial charge in [0, 0.05) is 37.1 Å². The Bertz CT molecular complexity index is 1080. The quantitative estimate of drug-likeness (QED) is 0.0369. The minimum absolute atomic E-state index is 0.0651. The van der Waals surface area contributed by atoms with Gasteiger partial charge in [0.1, 0.15) is 12.1 Å². The topological polar surface area (TPSA) is 286 Å². The molecule has 0 saturated heterocycles. The molecule has 0 rings (SSSR count). The van der Waals surface area contributed by atoms with E-state index in [0.29, 0.717) is 32.2 Å². The maximum Gasteiger partial charge on any atom is 0.305 e. The fourth-order valence-corrected chi connectivity index (χ4v) is 4.44. The highest BCUT2D eigenvalue weighted by atomic mass is 16.4. The minimum atomic E-state index is -1.50. The lowest BCUT2D eigenvalue weighted by Crippen LogP contribution is -2.49. The van der Waals surface area contributed by atoms with Crippen molar-refractivity contribution in [2.75, 3.05) is 13.2 Å². The number of guanidine groups is 1. The molecule has 0 radical (unpaired) electrons. The molecule has 4 amide bonds. The number of carboxylic acid groups (broad SMARTS) is 1. The van der Waals surface area contributed by atoms with E-state index in [1.807, 2.05) is 0 Å². The maximum atomic E-state index is 13.2. The van der Waals surface area contributed by atoms with Crippen LogP contribution in [0.2, 0.25) is 0 Å². The second kappa shape index (κ2) is 20.8. The number of carbonyl (C=O) groups is 7. The molecule has 0 aromatic carbocycles. The van der Waals surface area contributed by atoms with Gasteiger partial charge in [-0.25, -0.2) is 0 Å². The van der Waals surface area contributed by atoms with E-state index in [2.05, 4.69) is 20.9 Å². The molecule has 0 aromatic rings. The fraction of sp³-hybridized carbons (Fsp3) is 0.724. The van der Waals surface area contributed by atoms with E-state index in [9.17, 15) is 43.8 Å². The van der Waals surface area contributed by atoms with Crippen LogP contribution in [-0.2, 0) is 33.6 Å². The standard InChI is InChI=1S/C29H51N7O9/c1-6-15(3)19(28(45)34-17(5)25(30)42)12-23(39)20(13-24(40)41)35-26(43)16(4)11-22(38)21(14-37)36-27(44)18(7-2)9-8-10-33-29(31)32/h15-21,37H,6-14H2,1-5H3,(H2,30,42)(H,34,45)(H,35,43)(H,36,44)(H,40,41)(H4,31,32,33)/t15-,16+,17-,18-,19-,20-,21-/m0/s1. The minimum Gasteiger partial charge on any atom is -0.481 e. The average Bonchev–Trinajstić information content (AvgIpc) is 2.96. The molecule has 45 heavy (non-hydrogen) atoms. The zero-order valence-electron chi connectivity index (χ0n) is 26.8. The number of hydrogen-bond donors (Lipinski definition) is 8. The van der Waals surface area contributed by atoms with Crippen LogP contribution in [0, 0.1) is 23.7 Å². The van der Waals surface area contributed by atoms with Gasteiger partial charge in [0.25, 0.3) is 0 Å². The van der Waals surface area contributed by atoms with Gasteiger partial charge in [-0.2, -0.15) is 0 Å². The molecule has 0 bridgehead atoms. The van der Waals surface area contributed by atoms with Crippen molar-refractivity contribution in [2.45, 2.75) is 97.7 Å². The van der Waals surface area contributed by atoms with Gasteiger partial charge >= 0.3 is 5.97 Å². The van der Waals surface area contributed by atoms with Gasteiger partial charge in [-0.3, -0.25) is 38.6 Å². The molecule has 7 atom stereocenters. The van der Waals surface area contributed by atoms with Gasteiger partial charge in [-0.15, -0.1) is 0 Å². The summed E-state index contributed by atoms with van der Waals surface area (Å²) < 4.78 is 0. The summed E-state index contributed by atoms with van der Waals surface area (Å²) in [5.74, 6) is -8.22. The lowest BCUT2D eigenvalue weighted by Gasteiger charge is -2.26. The van der Waals surface area contributed by atoms with Crippen LogP contribution in [0.15, 0.2) is 4.99 Å². The van der Waals surface area contributed by atoms with E-state index in [-0.39, 0.29) is 11.9 Å². The lowest BCUT2D eigenvalue weighted by molar-refractivity contribution is -0.141. The van der Waals surface area contributed by atoms with Gasteiger partial charge < -0.3 is 43.4 Å². The van der Waals surface area contributed by atoms with Crippen LogP contribution in [0.1, 0.15) is 79.6 Å². The van der Waals surface area contributed by atoms with E-state index in [4.69, 9.17) is 17.2 Å². The van der Waals surface area contributed by atoms with Crippen LogP contribution in [0.3, 0.4) is 0 Å². The summed E-state index contributed by atoms with van der Waals surface area (Å²) in [5, 5.41) is 26.5. The number of amides is 4. The summed E-state index contributed by atoms with van der Waals surface area (Å²) in [6, 6.07) is -3.78. The molecule has 0 aliphatic rings. The fourth-order valence-electron chi connectivity index (χ4n) is 4.44. The van der Waals surface area contributed by atoms with Gasteiger partial charge in [-0.1, -0.05) is 34.1 Å². The van der Waals surface area contributed by atoms with E-state index < -0.39 is 103 Å². The molecule has 16 nitrogen and oxygen atoms in total. The van der Waals surface area contributed by atoms with Crippen LogP contribution in [0.4, 0.5) is 0 Å². The number of carbonyl (C=O) groups excluding carboxylic acids is 6. The molecule has 256 valence electrons. The average molecular weight is 642 g/mol. The number of nitrogens with zero attached hydrogens (tertiary/aromatic N) is 1. The van der Waals surface area contributed by atoms with Crippen molar-refractivity contribution in [3.05, 3.63) is 0 Å². The van der Waals surface area contributed by atoms with Crippen molar-refractivity contribution in [2.24, 2.45) is 45.9 Å². The number of nitrogens with two attached hydrogens (primary N) is 3. The van der Waals surface area contributed by atoms with Crippen LogP contribution in [0.25, 0.3) is 0 Å². The highest BCUT2D eigenvalue weighted by molar-refractivity contribution is 5.97. The Balaban J connectivity index is 5.49. The number of Topliss-reactive ketones (excluding diaryl/α,β-unsaturated/α-hetero) is 2. The second-order valence-corrected chi connectivity index (χ2v) is 11.3. The Hall–Kier alpha value is -4.08. The molecule has 0 unspecified atom stereocenters. The molecular formula is C29H51N7O9. The number of primary amides is 1. The molecule has 0 aliphatic heterocycles. The van der Waals surface area contributed by atoms with Crippen LogP contribution >= 0.6 is 0 Å². The molecule has 0 aliphatic carbocycles. The van der Waals surface area contributed by atoms with Crippen molar-refractivity contribution >= 4 is 47.1 Å². The number of carboxylic acids is 1. The Labute approximate surface area is 263 Å². The van der Waals surface area contributed by atoms with E-state index in [0.717, 1.165) is 0 Å². The van der Waals surface area contributed by atoms with Crippen molar-refractivity contribution in [3.8, 4) is 0 Å². The van der Waals surface area contributed by atoms with Crippen LogP contribution in [-0.4, -0.2) is 88.6 Å². The maximum absolute atomic E-state index is 13.2. The van der Waals surface area contributed by atoms with Crippen molar-refractivity contribution in [1.82, 2.24) is 16.0 Å². The first kappa shape index (κ1) is 40.9.